The molecule has 0 aromatic heterocycles. The highest BCUT2D eigenvalue weighted by atomic mass is 79.9. The monoisotopic (exact) mass is 286 g/mol. The molecule has 88 valence electrons. The maximum Gasteiger partial charge on any atom is 0.233 e. The van der Waals surface area contributed by atoms with Crippen molar-refractivity contribution in [3.8, 4) is 5.75 Å². The predicted molar refractivity (Wildman–Crippen MR) is 66.6 cm³/mol. The Hall–Kier alpha value is -1.07. The van der Waals surface area contributed by atoms with Crippen LogP contribution < -0.4 is 15.4 Å². The lowest BCUT2D eigenvalue weighted by Gasteiger charge is -2.07. The third-order valence-corrected chi connectivity index (χ3v) is 2.40. The van der Waals surface area contributed by atoms with Gasteiger partial charge in [-0.15, -0.1) is 0 Å². The molecule has 0 aliphatic rings. The maximum atomic E-state index is 10.9. The lowest BCUT2D eigenvalue weighted by molar-refractivity contribution is -0.119. The minimum absolute atomic E-state index is 0.0255. The average Bonchev–Trinajstić information content (AvgIpc) is 2.28. The van der Waals surface area contributed by atoms with Gasteiger partial charge in [0.05, 0.1) is 6.54 Å². The summed E-state index contributed by atoms with van der Waals surface area (Å²) < 4.78 is 6.47. The first-order valence-electron chi connectivity index (χ1n) is 5.02. The summed E-state index contributed by atoms with van der Waals surface area (Å²) in [6.07, 6.45) is 0. The van der Waals surface area contributed by atoms with E-state index in [0.29, 0.717) is 19.7 Å². The van der Waals surface area contributed by atoms with Gasteiger partial charge in [-0.05, 0) is 18.2 Å². The smallest absolute Gasteiger partial charge is 0.233 e. The summed E-state index contributed by atoms with van der Waals surface area (Å²) in [5.74, 6) is 0.790. The van der Waals surface area contributed by atoms with Gasteiger partial charge in [-0.3, -0.25) is 4.79 Å². The molecule has 2 N–H and O–H groups in total. The highest BCUT2D eigenvalue weighted by Gasteiger charge is 1.97. The zero-order valence-corrected chi connectivity index (χ0v) is 10.7. The molecule has 0 saturated heterocycles. The fourth-order valence-corrected chi connectivity index (χ4v) is 1.47. The molecule has 0 unspecified atom stereocenters. The van der Waals surface area contributed by atoms with Crippen LogP contribution in [-0.2, 0) is 4.79 Å². The van der Waals surface area contributed by atoms with E-state index < -0.39 is 0 Å². The quantitative estimate of drug-likeness (QED) is 0.772. The number of ether oxygens (including phenoxy) is 1. The first-order chi connectivity index (χ1) is 7.72. The van der Waals surface area contributed by atoms with Crippen LogP contribution in [0.15, 0.2) is 28.7 Å². The van der Waals surface area contributed by atoms with Crippen molar-refractivity contribution in [3.05, 3.63) is 28.7 Å². The second kappa shape index (κ2) is 7.24. The van der Waals surface area contributed by atoms with Crippen LogP contribution >= 0.6 is 15.9 Å². The third-order valence-electron chi connectivity index (χ3n) is 1.91. The second-order valence-electron chi connectivity index (χ2n) is 3.16. The molecule has 0 bridgehead atoms. The Morgan fingerprint density at radius 3 is 3.00 bits per heavy atom. The lowest BCUT2D eigenvalue weighted by atomic mass is 10.3. The summed E-state index contributed by atoms with van der Waals surface area (Å²) in [6, 6.07) is 7.65. The van der Waals surface area contributed by atoms with Gasteiger partial charge in [-0.1, -0.05) is 22.0 Å². The molecule has 0 saturated carbocycles. The number of likely N-dealkylation sites (N-methyl/N-ethyl adjacent to an activating group) is 1. The molecule has 0 aliphatic carbocycles. The molecule has 0 aliphatic heterocycles. The molecule has 0 spiro atoms. The molecule has 0 atom stereocenters. The molecule has 5 heteroatoms. The van der Waals surface area contributed by atoms with Crippen LogP contribution in [0, 0.1) is 0 Å². The van der Waals surface area contributed by atoms with E-state index in [1.807, 2.05) is 24.3 Å². The molecular formula is C11H15BrN2O2. The van der Waals surface area contributed by atoms with Gasteiger partial charge in [0, 0.05) is 18.1 Å². The molecule has 1 aromatic carbocycles. The van der Waals surface area contributed by atoms with E-state index in [4.69, 9.17) is 4.74 Å². The summed E-state index contributed by atoms with van der Waals surface area (Å²) in [5.41, 5.74) is 0. The molecule has 4 nitrogen and oxygen atoms in total. The Labute approximate surface area is 103 Å². The van der Waals surface area contributed by atoms with Crippen LogP contribution in [0.25, 0.3) is 0 Å². The molecule has 0 fully saturated rings. The fourth-order valence-electron chi connectivity index (χ4n) is 1.09. The first kappa shape index (κ1) is 13.0. The molecule has 1 amide bonds. The summed E-state index contributed by atoms with van der Waals surface area (Å²) in [7, 11) is 1.61. The van der Waals surface area contributed by atoms with E-state index in [-0.39, 0.29) is 5.91 Å². The molecule has 1 rings (SSSR count). The van der Waals surface area contributed by atoms with Crippen molar-refractivity contribution in [2.45, 2.75) is 0 Å². The first-order valence-corrected chi connectivity index (χ1v) is 5.81. The Kier molecular flexibility index (Phi) is 5.88. The minimum Gasteiger partial charge on any atom is -0.492 e. The topological polar surface area (TPSA) is 50.4 Å². The summed E-state index contributed by atoms with van der Waals surface area (Å²) in [4.78, 5) is 10.9. The van der Waals surface area contributed by atoms with Gasteiger partial charge in [-0.2, -0.15) is 0 Å². The van der Waals surface area contributed by atoms with Crippen LogP contribution in [-0.4, -0.2) is 32.7 Å². The number of benzene rings is 1. The normalized spacial score (nSPS) is 9.88. The van der Waals surface area contributed by atoms with Gasteiger partial charge >= 0.3 is 0 Å². The van der Waals surface area contributed by atoms with Crippen LogP contribution in [0.3, 0.4) is 0 Å². The van der Waals surface area contributed by atoms with E-state index in [1.54, 1.807) is 7.05 Å². The molecule has 16 heavy (non-hydrogen) atoms. The summed E-state index contributed by atoms with van der Waals surface area (Å²) in [5, 5.41) is 5.50. The van der Waals surface area contributed by atoms with E-state index in [0.717, 1.165) is 10.2 Å². The SMILES string of the molecule is CNC(=O)CNCCOc1cccc(Br)c1. The zero-order valence-electron chi connectivity index (χ0n) is 9.13. The van der Waals surface area contributed by atoms with Crippen LogP contribution in [0.4, 0.5) is 0 Å². The maximum absolute atomic E-state index is 10.9. The highest BCUT2D eigenvalue weighted by molar-refractivity contribution is 9.10. The van der Waals surface area contributed by atoms with E-state index >= 15 is 0 Å². The standard InChI is InChI=1S/C11H15BrN2O2/c1-13-11(15)8-14-5-6-16-10-4-2-3-9(12)7-10/h2-4,7,14H,5-6,8H2,1H3,(H,13,15). The third kappa shape index (κ3) is 5.14. The molecule has 0 radical (unpaired) electrons. The number of carbonyl (C=O) groups is 1. The summed E-state index contributed by atoms with van der Waals surface area (Å²) in [6.45, 7) is 1.49. The largest absolute Gasteiger partial charge is 0.492 e. The zero-order chi connectivity index (χ0) is 11.8. The number of nitrogens with one attached hydrogen (secondary N) is 2. The van der Waals surface area contributed by atoms with E-state index in [9.17, 15) is 4.79 Å². The van der Waals surface area contributed by atoms with E-state index in [1.165, 1.54) is 0 Å². The molecular weight excluding hydrogens is 272 g/mol. The van der Waals surface area contributed by atoms with Gasteiger partial charge in [0.1, 0.15) is 12.4 Å². The van der Waals surface area contributed by atoms with E-state index in [2.05, 4.69) is 26.6 Å². The fraction of sp³-hybridized carbons (Fsp3) is 0.364. The minimum atomic E-state index is -0.0255. The Morgan fingerprint density at radius 2 is 2.31 bits per heavy atom. The van der Waals surface area contributed by atoms with Crippen LogP contribution in [0.2, 0.25) is 0 Å². The lowest BCUT2D eigenvalue weighted by Crippen LogP contribution is -2.33. The highest BCUT2D eigenvalue weighted by Crippen LogP contribution is 2.17. The number of carbonyl (C=O) groups excluding carboxylic acids is 1. The van der Waals surface area contributed by atoms with Crippen LogP contribution in [0.1, 0.15) is 0 Å². The molecule has 1 aromatic rings. The van der Waals surface area contributed by atoms with Crippen molar-refractivity contribution in [1.82, 2.24) is 10.6 Å². The van der Waals surface area contributed by atoms with Gasteiger partial charge in [0.15, 0.2) is 0 Å². The number of hydrogen-bond acceptors (Lipinski definition) is 3. The average molecular weight is 287 g/mol. The van der Waals surface area contributed by atoms with Gasteiger partial charge in [0.25, 0.3) is 0 Å². The Morgan fingerprint density at radius 1 is 1.50 bits per heavy atom. The summed E-state index contributed by atoms with van der Waals surface area (Å²) >= 11 is 3.36. The van der Waals surface area contributed by atoms with Crippen molar-refractivity contribution < 1.29 is 9.53 Å². The number of amides is 1. The number of hydrogen-bond donors (Lipinski definition) is 2. The number of rotatable bonds is 6. The van der Waals surface area contributed by atoms with Gasteiger partial charge in [-0.25, -0.2) is 0 Å². The van der Waals surface area contributed by atoms with Crippen LogP contribution in [0.5, 0.6) is 5.75 Å². The van der Waals surface area contributed by atoms with Gasteiger partial charge in [0.2, 0.25) is 5.91 Å². The van der Waals surface area contributed by atoms with Crippen molar-refractivity contribution >= 4 is 21.8 Å². The van der Waals surface area contributed by atoms with Gasteiger partial charge < -0.3 is 15.4 Å². The van der Waals surface area contributed by atoms with Crippen molar-refractivity contribution in [1.29, 1.82) is 0 Å². The van der Waals surface area contributed by atoms with Crippen molar-refractivity contribution in [2.75, 3.05) is 26.7 Å². The Balaban J connectivity index is 2.14. The van der Waals surface area contributed by atoms with Crippen molar-refractivity contribution in [2.24, 2.45) is 0 Å². The predicted octanol–water partition coefficient (Wildman–Crippen LogP) is 1.16. The molecule has 0 heterocycles. The second-order valence-corrected chi connectivity index (χ2v) is 4.07. The van der Waals surface area contributed by atoms with Crippen molar-refractivity contribution in [3.63, 3.8) is 0 Å². The number of halogens is 1. The Bertz CT molecular complexity index is 345.